The first-order chi connectivity index (χ1) is 6.85. The minimum absolute atomic E-state index is 0.795. The van der Waals surface area contributed by atoms with E-state index in [1.54, 1.807) is 11.8 Å². The van der Waals surface area contributed by atoms with Crippen molar-refractivity contribution in [1.82, 2.24) is 4.98 Å². The lowest BCUT2D eigenvalue weighted by Gasteiger charge is -2.09. The molecule has 1 heterocycles. The van der Waals surface area contributed by atoms with Crippen LogP contribution < -0.4 is 5.32 Å². The van der Waals surface area contributed by atoms with Crippen molar-refractivity contribution in [3.63, 3.8) is 0 Å². The number of pyridine rings is 1. The summed E-state index contributed by atoms with van der Waals surface area (Å²) >= 11 is 1.77. The lowest BCUT2D eigenvalue weighted by molar-refractivity contribution is 1.05. The van der Waals surface area contributed by atoms with Crippen LogP contribution in [0.15, 0.2) is 17.2 Å². The molecule has 0 unspecified atom stereocenters. The van der Waals surface area contributed by atoms with E-state index in [4.69, 9.17) is 0 Å². The molecule has 0 atom stereocenters. The maximum atomic E-state index is 4.47. The van der Waals surface area contributed by atoms with Crippen LogP contribution in [0.25, 0.3) is 0 Å². The Kier molecular flexibility index (Phi) is 2.96. The largest absolute Gasteiger partial charge is 0.369 e. The van der Waals surface area contributed by atoms with E-state index in [9.17, 15) is 0 Å². The van der Waals surface area contributed by atoms with Crippen molar-refractivity contribution in [3.05, 3.63) is 17.8 Å². The van der Waals surface area contributed by atoms with Crippen LogP contribution in [0.3, 0.4) is 0 Å². The van der Waals surface area contributed by atoms with Crippen LogP contribution in [0.1, 0.15) is 31.2 Å². The summed E-state index contributed by atoms with van der Waals surface area (Å²) < 4.78 is 0. The molecule has 1 N–H and O–H groups in total. The van der Waals surface area contributed by atoms with Crippen molar-refractivity contribution in [2.45, 2.75) is 30.6 Å². The third-order valence-corrected chi connectivity index (χ3v) is 3.24. The Morgan fingerprint density at radius 1 is 1.57 bits per heavy atom. The average Bonchev–Trinajstić information content (AvgIpc) is 3.02. The molecule has 0 bridgehead atoms. The third kappa shape index (κ3) is 2.03. The molecule has 0 saturated heterocycles. The van der Waals surface area contributed by atoms with Gasteiger partial charge in [-0.3, -0.25) is 0 Å². The lowest BCUT2D eigenvalue weighted by Crippen LogP contribution is -2.01. The maximum Gasteiger partial charge on any atom is 0.139 e. The molecular formula is C11H16N2S. The number of aromatic nitrogens is 1. The van der Waals surface area contributed by atoms with Gasteiger partial charge in [-0.1, -0.05) is 0 Å². The van der Waals surface area contributed by atoms with Gasteiger partial charge in [0.2, 0.25) is 0 Å². The Hall–Kier alpha value is -0.700. The van der Waals surface area contributed by atoms with Gasteiger partial charge in [0, 0.05) is 17.6 Å². The van der Waals surface area contributed by atoms with Crippen LogP contribution in [-0.4, -0.2) is 17.8 Å². The summed E-state index contributed by atoms with van der Waals surface area (Å²) in [5, 5.41) is 3.28. The number of thioether (sulfide) groups is 1. The van der Waals surface area contributed by atoms with Gasteiger partial charge in [0.1, 0.15) is 5.82 Å². The first-order valence-electron chi connectivity index (χ1n) is 5.13. The molecule has 1 saturated carbocycles. The fraction of sp³-hybridized carbons (Fsp3) is 0.545. The summed E-state index contributed by atoms with van der Waals surface area (Å²) in [6.45, 7) is 3.03. The van der Waals surface area contributed by atoms with E-state index in [2.05, 4.69) is 29.5 Å². The summed E-state index contributed by atoms with van der Waals surface area (Å²) in [7, 11) is 0. The van der Waals surface area contributed by atoms with E-state index < -0.39 is 0 Å². The molecule has 1 aromatic rings. The first kappa shape index (κ1) is 9.84. The number of nitrogens with zero attached hydrogens (tertiary/aromatic N) is 1. The fourth-order valence-corrected chi connectivity index (χ4v) is 2.13. The zero-order valence-electron chi connectivity index (χ0n) is 8.71. The summed E-state index contributed by atoms with van der Waals surface area (Å²) in [6, 6.07) is 2.29. The molecule has 0 aromatic carbocycles. The van der Waals surface area contributed by atoms with Crippen molar-refractivity contribution in [2.75, 3.05) is 18.1 Å². The molecule has 0 spiro atoms. The predicted octanol–water partition coefficient (Wildman–Crippen LogP) is 3.11. The number of rotatable bonds is 4. The van der Waals surface area contributed by atoms with Crippen molar-refractivity contribution >= 4 is 17.6 Å². The van der Waals surface area contributed by atoms with Gasteiger partial charge in [0.15, 0.2) is 0 Å². The predicted molar refractivity (Wildman–Crippen MR) is 62.2 cm³/mol. The van der Waals surface area contributed by atoms with Crippen molar-refractivity contribution in [2.24, 2.45) is 0 Å². The Balaban J connectivity index is 2.24. The summed E-state index contributed by atoms with van der Waals surface area (Å²) in [5.41, 5.74) is 1.41. The Labute approximate surface area is 89.5 Å². The molecule has 3 heteroatoms. The average molecular weight is 208 g/mol. The summed E-state index contributed by atoms with van der Waals surface area (Å²) in [5.74, 6) is 1.83. The summed E-state index contributed by atoms with van der Waals surface area (Å²) in [6.07, 6.45) is 6.82. The number of hydrogen-bond acceptors (Lipinski definition) is 3. The molecule has 2 nitrogen and oxygen atoms in total. The van der Waals surface area contributed by atoms with Gasteiger partial charge in [-0.25, -0.2) is 4.98 Å². The zero-order chi connectivity index (χ0) is 9.97. The Morgan fingerprint density at radius 2 is 2.36 bits per heavy atom. The van der Waals surface area contributed by atoms with Gasteiger partial charge in [0.05, 0.1) is 0 Å². The Morgan fingerprint density at radius 3 is 2.93 bits per heavy atom. The second kappa shape index (κ2) is 4.22. The van der Waals surface area contributed by atoms with Gasteiger partial charge < -0.3 is 5.32 Å². The van der Waals surface area contributed by atoms with Crippen LogP contribution in [-0.2, 0) is 0 Å². The number of nitrogens with one attached hydrogen (secondary N) is 1. The molecular weight excluding hydrogens is 192 g/mol. The van der Waals surface area contributed by atoms with E-state index >= 15 is 0 Å². The van der Waals surface area contributed by atoms with Gasteiger partial charge >= 0.3 is 0 Å². The molecule has 1 aromatic heterocycles. The molecule has 76 valence electrons. The highest BCUT2D eigenvalue weighted by Gasteiger charge is 2.24. The molecule has 1 aliphatic carbocycles. The molecule has 1 fully saturated rings. The van der Waals surface area contributed by atoms with Crippen LogP contribution in [0.5, 0.6) is 0 Å². The highest BCUT2D eigenvalue weighted by molar-refractivity contribution is 7.98. The van der Waals surface area contributed by atoms with E-state index in [0.29, 0.717) is 0 Å². The van der Waals surface area contributed by atoms with Crippen LogP contribution in [0, 0.1) is 0 Å². The quantitative estimate of drug-likeness (QED) is 0.770. The zero-order valence-corrected chi connectivity index (χ0v) is 9.53. The smallest absolute Gasteiger partial charge is 0.139 e. The van der Waals surface area contributed by atoms with E-state index in [1.165, 1.54) is 23.3 Å². The maximum absolute atomic E-state index is 4.47. The number of anilines is 1. The molecule has 0 aliphatic heterocycles. The molecule has 0 radical (unpaired) electrons. The highest BCUT2D eigenvalue weighted by Crippen LogP contribution is 2.41. The third-order valence-electron chi connectivity index (χ3n) is 2.49. The normalized spacial score (nSPS) is 15.6. The minimum Gasteiger partial charge on any atom is -0.369 e. The van der Waals surface area contributed by atoms with Gasteiger partial charge in [-0.2, -0.15) is 0 Å². The van der Waals surface area contributed by atoms with Gasteiger partial charge in [0.25, 0.3) is 0 Å². The van der Waals surface area contributed by atoms with Crippen LogP contribution in [0.2, 0.25) is 0 Å². The standard InChI is InChI=1S/C11H16N2S/c1-3-12-11-10(14-2)6-9(7-13-11)8-4-5-8/h6-8H,3-5H2,1-2H3,(H,12,13). The topological polar surface area (TPSA) is 24.9 Å². The van der Waals surface area contributed by atoms with Gasteiger partial charge in [-0.05, 0) is 43.6 Å². The fourth-order valence-electron chi connectivity index (χ4n) is 1.56. The minimum atomic E-state index is 0.795. The van der Waals surface area contributed by atoms with E-state index in [0.717, 1.165) is 18.3 Å². The lowest BCUT2D eigenvalue weighted by atomic mass is 10.2. The van der Waals surface area contributed by atoms with Crippen molar-refractivity contribution in [1.29, 1.82) is 0 Å². The molecule has 2 rings (SSSR count). The van der Waals surface area contributed by atoms with Crippen LogP contribution in [0.4, 0.5) is 5.82 Å². The molecule has 0 amide bonds. The summed E-state index contributed by atoms with van der Waals surface area (Å²) in [4.78, 5) is 5.74. The Bertz CT molecular complexity index is 321. The molecule has 1 aliphatic rings. The number of hydrogen-bond donors (Lipinski definition) is 1. The SMILES string of the molecule is CCNc1ncc(C2CC2)cc1SC. The second-order valence-electron chi connectivity index (χ2n) is 3.62. The molecule has 14 heavy (non-hydrogen) atoms. The second-order valence-corrected chi connectivity index (χ2v) is 4.47. The van der Waals surface area contributed by atoms with E-state index in [-0.39, 0.29) is 0 Å². The van der Waals surface area contributed by atoms with Crippen molar-refractivity contribution in [3.8, 4) is 0 Å². The van der Waals surface area contributed by atoms with Crippen molar-refractivity contribution < 1.29 is 0 Å². The van der Waals surface area contributed by atoms with Gasteiger partial charge in [-0.15, -0.1) is 11.8 Å². The van der Waals surface area contributed by atoms with Crippen LogP contribution >= 0.6 is 11.8 Å². The first-order valence-corrected chi connectivity index (χ1v) is 6.35. The highest BCUT2D eigenvalue weighted by atomic mass is 32.2. The monoisotopic (exact) mass is 208 g/mol. The van der Waals surface area contributed by atoms with E-state index in [1.807, 2.05) is 6.20 Å².